The summed E-state index contributed by atoms with van der Waals surface area (Å²) in [6.45, 7) is 4.90. The van der Waals surface area contributed by atoms with E-state index >= 15 is 0 Å². The maximum atomic E-state index is 11.9. The Hall–Kier alpha value is -1.41. The highest BCUT2D eigenvalue weighted by molar-refractivity contribution is 9.10. The molecule has 0 aliphatic heterocycles. The summed E-state index contributed by atoms with van der Waals surface area (Å²) in [6, 6.07) is 4.92. The van der Waals surface area contributed by atoms with Gasteiger partial charge < -0.3 is 10.6 Å². The molecule has 0 aliphatic rings. The molecule has 0 saturated heterocycles. The van der Waals surface area contributed by atoms with Gasteiger partial charge in [-0.3, -0.25) is 9.59 Å². The Bertz CT molecular complexity index is 671. The first-order chi connectivity index (χ1) is 10.1. The molecular weight excluding hydrogens is 372 g/mol. The number of amides is 2. The molecule has 122 valence electrons. The van der Waals surface area contributed by atoms with E-state index in [0.29, 0.717) is 15.8 Å². The second-order valence-corrected chi connectivity index (χ2v) is 8.39. The van der Waals surface area contributed by atoms with E-state index in [9.17, 15) is 18.0 Å². The second-order valence-electron chi connectivity index (χ2n) is 5.37. The Morgan fingerprint density at radius 3 is 2.36 bits per heavy atom. The molecule has 0 bridgehead atoms. The average Bonchev–Trinajstić information content (AvgIpc) is 2.29. The number of nitrogens with one attached hydrogen (secondary N) is 2. The molecule has 2 amide bonds. The van der Waals surface area contributed by atoms with Gasteiger partial charge in [0, 0.05) is 11.4 Å². The van der Waals surface area contributed by atoms with Crippen LogP contribution in [0.1, 0.15) is 20.8 Å². The molecule has 6 nitrogen and oxygen atoms in total. The zero-order valence-electron chi connectivity index (χ0n) is 12.6. The number of anilines is 2. The third-order valence-electron chi connectivity index (χ3n) is 2.50. The van der Waals surface area contributed by atoms with Crippen LogP contribution in [0.4, 0.5) is 11.4 Å². The standard InChI is InChI=1S/C14H19BrN2O4S/c1-9(2)7-22(20,21)8-14(19)17-13-6-11(15)4-5-12(13)16-10(3)18/h4-6,9H,7-8H2,1-3H3,(H,16,18)(H,17,19). The van der Waals surface area contributed by atoms with Crippen LogP contribution in [0.15, 0.2) is 22.7 Å². The van der Waals surface area contributed by atoms with Crippen LogP contribution in [0.5, 0.6) is 0 Å². The zero-order valence-corrected chi connectivity index (χ0v) is 15.0. The van der Waals surface area contributed by atoms with Crippen LogP contribution in [-0.2, 0) is 19.4 Å². The lowest BCUT2D eigenvalue weighted by atomic mass is 10.2. The van der Waals surface area contributed by atoms with Gasteiger partial charge in [0.05, 0.1) is 17.1 Å². The van der Waals surface area contributed by atoms with Crippen LogP contribution in [-0.4, -0.2) is 31.7 Å². The minimum absolute atomic E-state index is 0.0430. The first-order valence-electron chi connectivity index (χ1n) is 6.66. The maximum Gasteiger partial charge on any atom is 0.239 e. The number of benzene rings is 1. The van der Waals surface area contributed by atoms with E-state index in [1.165, 1.54) is 6.92 Å². The topological polar surface area (TPSA) is 92.3 Å². The van der Waals surface area contributed by atoms with Crippen LogP contribution in [0.2, 0.25) is 0 Å². The summed E-state index contributed by atoms with van der Waals surface area (Å²) >= 11 is 3.26. The largest absolute Gasteiger partial charge is 0.325 e. The average molecular weight is 391 g/mol. The Morgan fingerprint density at radius 1 is 1.18 bits per heavy atom. The highest BCUT2D eigenvalue weighted by Crippen LogP contribution is 2.26. The Labute approximate surface area is 138 Å². The number of carbonyl (C=O) groups is 2. The highest BCUT2D eigenvalue weighted by atomic mass is 79.9. The van der Waals surface area contributed by atoms with E-state index in [2.05, 4.69) is 26.6 Å². The van der Waals surface area contributed by atoms with E-state index in [0.717, 1.165) is 0 Å². The molecule has 0 spiro atoms. The maximum absolute atomic E-state index is 11.9. The summed E-state index contributed by atoms with van der Waals surface area (Å²) in [5.74, 6) is -1.59. The van der Waals surface area contributed by atoms with Crippen LogP contribution in [0.3, 0.4) is 0 Å². The smallest absolute Gasteiger partial charge is 0.239 e. The van der Waals surface area contributed by atoms with Crippen LogP contribution < -0.4 is 10.6 Å². The van der Waals surface area contributed by atoms with Crippen molar-refractivity contribution in [2.24, 2.45) is 5.92 Å². The minimum atomic E-state index is -3.46. The molecular formula is C14H19BrN2O4S. The van der Waals surface area contributed by atoms with E-state index in [-0.39, 0.29) is 17.6 Å². The lowest BCUT2D eigenvalue weighted by Crippen LogP contribution is -2.26. The number of hydrogen-bond acceptors (Lipinski definition) is 4. The number of carbonyl (C=O) groups excluding carboxylic acids is 2. The third-order valence-corrected chi connectivity index (χ3v) is 4.87. The van der Waals surface area contributed by atoms with Gasteiger partial charge in [-0.1, -0.05) is 29.8 Å². The molecule has 0 aliphatic carbocycles. The van der Waals surface area contributed by atoms with Crippen LogP contribution in [0.25, 0.3) is 0 Å². The van der Waals surface area contributed by atoms with Crippen molar-refractivity contribution in [3.8, 4) is 0 Å². The van der Waals surface area contributed by atoms with Gasteiger partial charge in [-0.25, -0.2) is 8.42 Å². The first-order valence-corrected chi connectivity index (χ1v) is 9.28. The number of hydrogen-bond donors (Lipinski definition) is 2. The predicted octanol–water partition coefficient (Wildman–Crippen LogP) is 2.42. The van der Waals surface area contributed by atoms with Gasteiger partial charge in [-0.05, 0) is 24.1 Å². The van der Waals surface area contributed by atoms with E-state index in [4.69, 9.17) is 0 Å². The lowest BCUT2D eigenvalue weighted by molar-refractivity contribution is -0.115. The van der Waals surface area contributed by atoms with Gasteiger partial charge in [-0.2, -0.15) is 0 Å². The highest BCUT2D eigenvalue weighted by Gasteiger charge is 2.19. The van der Waals surface area contributed by atoms with Gasteiger partial charge in [0.15, 0.2) is 9.84 Å². The van der Waals surface area contributed by atoms with Gasteiger partial charge >= 0.3 is 0 Å². The van der Waals surface area contributed by atoms with Gasteiger partial charge in [0.25, 0.3) is 0 Å². The fourth-order valence-electron chi connectivity index (χ4n) is 1.87. The van der Waals surface area contributed by atoms with Crippen molar-refractivity contribution < 1.29 is 18.0 Å². The lowest BCUT2D eigenvalue weighted by Gasteiger charge is -2.12. The van der Waals surface area contributed by atoms with Crippen molar-refractivity contribution in [2.75, 3.05) is 22.1 Å². The molecule has 0 heterocycles. The van der Waals surface area contributed by atoms with Gasteiger partial charge in [0.2, 0.25) is 11.8 Å². The Balaban J connectivity index is 2.88. The summed E-state index contributed by atoms with van der Waals surface area (Å²) in [4.78, 5) is 23.1. The van der Waals surface area contributed by atoms with Crippen molar-refractivity contribution in [3.63, 3.8) is 0 Å². The van der Waals surface area contributed by atoms with Gasteiger partial charge in [0.1, 0.15) is 5.75 Å². The quantitative estimate of drug-likeness (QED) is 0.779. The van der Waals surface area contributed by atoms with E-state index in [1.54, 1.807) is 32.0 Å². The first kappa shape index (κ1) is 18.6. The number of halogens is 1. The predicted molar refractivity (Wildman–Crippen MR) is 90.6 cm³/mol. The molecule has 0 unspecified atom stereocenters. The molecule has 0 fully saturated rings. The fraction of sp³-hybridized carbons (Fsp3) is 0.429. The monoisotopic (exact) mass is 390 g/mol. The summed E-state index contributed by atoms with van der Waals surface area (Å²) in [5.41, 5.74) is 0.750. The zero-order chi connectivity index (χ0) is 16.9. The van der Waals surface area contributed by atoms with Crippen molar-refractivity contribution in [2.45, 2.75) is 20.8 Å². The SMILES string of the molecule is CC(=O)Nc1ccc(Br)cc1NC(=O)CS(=O)(=O)CC(C)C. The molecule has 0 saturated carbocycles. The molecule has 8 heteroatoms. The molecule has 0 atom stereocenters. The summed E-state index contributed by atoms with van der Waals surface area (Å²) in [6.07, 6.45) is 0. The van der Waals surface area contributed by atoms with Crippen molar-refractivity contribution in [3.05, 3.63) is 22.7 Å². The molecule has 2 N–H and O–H groups in total. The Morgan fingerprint density at radius 2 is 1.82 bits per heavy atom. The van der Waals surface area contributed by atoms with E-state index in [1.807, 2.05) is 0 Å². The summed E-state index contributed by atoms with van der Waals surface area (Å²) in [5, 5.41) is 5.10. The molecule has 22 heavy (non-hydrogen) atoms. The van der Waals surface area contributed by atoms with E-state index < -0.39 is 21.5 Å². The second kappa shape index (κ2) is 7.73. The number of sulfone groups is 1. The van der Waals surface area contributed by atoms with Crippen molar-refractivity contribution >= 4 is 49.0 Å². The fourth-order valence-corrected chi connectivity index (χ4v) is 3.84. The molecule has 1 aromatic rings. The summed E-state index contributed by atoms with van der Waals surface area (Å²) in [7, 11) is -3.46. The molecule has 1 rings (SSSR count). The summed E-state index contributed by atoms with van der Waals surface area (Å²) < 4.78 is 24.4. The third kappa shape index (κ3) is 6.57. The molecule has 0 aromatic heterocycles. The number of rotatable bonds is 6. The van der Waals surface area contributed by atoms with Crippen molar-refractivity contribution in [1.82, 2.24) is 0 Å². The van der Waals surface area contributed by atoms with Crippen LogP contribution >= 0.6 is 15.9 Å². The van der Waals surface area contributed by atoms with Gasteiger partial charge in [-0.15, -0.1) is 0 Å². The normalized spacial score (nSPS) is 11.3. The molecule has 1 aromatic carbocycles. The Kier molecular flexibility index (Phi) is 6.55. The minimum Gasteiger partial charge on any atom is -0.325 e. The molecule has 0 radical (unpaired) electrons. The van der Waals surface area contributed by atoms with Crippen molar-refractivity contribution in [1.29, 1.82) is 0 Å². The van der Waals surface area contributed by atoms with Crippen LogP contribution in [0, 0.1) is 5.92 Å².